The lowest BCUT2D eigenvalue weighted by Crippen LogP contribution is -2.45. The van der Waals surface area contributed by atoms with Crippen LogP contribution in [0.25, 0.3) is 0 Å². The average molecular weight is 413 g/mol. The maximum atomic E-state index is 13.5. The second-order valence-corrected chi connectivity index (χ2v) is 7.69. The predicted molar refractivity (Wildman–Crippen MR) is 113 cm³/mol. The number of halogens is 1. The molecule has 1 atom stereocenters. The number of carbonyl (C=O) groups is 2. The summed E-state index contributed by atoms with van der Waals surface area (Å²) in [6.45, 7) is 2.37. The van der Waals surface area contributed by atoms with Gasteiger partial charge in [0.25, 0.3) is 0 Å². The SMILES string of the molecule is O=C(O)N[C@@H](CCN1CCC(NC(=O)Cc2ccccc2)CC1)c1cccc(F)c1. The third kappa shape index (κ3) is 6.84. The van der Waals surface area contributed by atoms with Crippen LogP contribution in [0, 0.1) is 5.82 Å². The molecule has 0 bridgehead atoms. The molecule has 0 spiro atoms. The Morgan fingerprint density at radius 1 is 1.10 bits per heavy atom. The topological polar surface area (TPSA) is 81.7 Å². The Morgan fingerprint density at radius 3 is 2.50 bits per heavy atom. The summed E-state index contributed by atoms with van der Waals surface area (Å²) in [6, 6.07) is 15.4. The molecule has 0 radical (unpaired) electrons. The number of likely N-dealkylation sites (tertiary alicyclic amines) is 1. The van der Waals surface area contributed by atoms with Gasteiger partial charge in [0.15, 0.2) is 0 Å². The van der Waals surface area contributed by atoms with E-state index in [1.807, 2.05) is 30.3 Å². The van der Waals surface area contributed by atoms with Gasteiger partial charge in [0.2, 0.25) is 5.91 Å². The van der Waals surface area contributed by atoms with Gasteiger partial charge >= 0.3 is 6.09 Å². The minimum absolute atomic E-state index is 0.0384. The molecule has 1 heterocycles. The molecule has 1 aliphatic rings. The smallest absolute Gasteiger partial charge is 0.405 e. The monoisotopic (exact) mass is 413 g/mol. The maximum absolute atomic E-state index is 13.5. The molecule has 2 amide bonds. The van der Waals surface area contributed by atoms with E-state index < -0.39 is 12.1 Å². The zero-order valence-electron chi connectivity index (χ0n) is 16.9. The Kier molecular flexibility index (Phi) is 7.79. The fourth-order valence-corrected chi connectivity index (χ4v) is 3.87. The molecule has 1 saturated heterocycles. The third-order valence-electron chi connectivity index (χ3n) is 5.44. The third-order valence-corrected chi connectivity index (χ3v) is 5.44. The van der Waals surface area contributed by atoms with Crippen molar-refractivity contribution in [3.05, 3.63) is 71.5 Å². The molecule has 3 rings (SSSR count). The Balaban J connectivity index is 1.44. The van der Waals surface area contributed by atoms with E-state index >= 15 is 0 Å². The molecule has 6 nitrogen and oxygen atoms in total. The number of benzene rings is 2. The van der Waals surface area contributed by atoms with Crippen LogP contribution in [0.5, 0.6) is 0 Å². The van der Waals surface area contributed by atoms with Crippen molar-refractivity contribution >= 4 is 12.0 Å². The van der Waals surface area contributed by atoms with Crippen molar-refractivity contribution in [1.82, 2.24) is 15.5 Å². The summed E-state index contributed by atoms with van der Waals surface area (Å²) in [4.78, 5) is 25.6. The molecule has 0 unspecified atom stereocenters. The average Bonchev–Trinajstić information content (AvgIpc) is 2.72. The molecular weight excluding hydrogens is 385 g/mol. The molecule has 3 N–H and O–H groups in total. The van der Waals surface area contributed by atoms with Gasteiger partial charge in [-0.05, 0) is 42.5 Å². The van der Waals surface area contributed by atoms with E-state index in [2.05, 4.69) is 15.5 Å². The van der Waals surface area contributed by atoms with Gasteiger partial charge in [0, 0.05) is 25.7 Å². The maximum Gasteiger partial charge on any atom is 0.405 e. The van der Waals surface area contributed by atoms with Gasteiger partial charge in [-0.3, -0.25) is 4.79 Å². The summed E-state index contributed by atoms with van der Waals surface area (Å²) < 4.78 is 13.5. The first kappa shape index (κ1) is 21.8. The van der Waals surface area contributed by atoms with E-state index in [0.29, 0.717) is 24.9 Å². The van der Waals surface area contributed by atoms with Gasteiger partial charge in [-0.2, -0.15) is 0 Å². The lowest BCUT2D eigenvalue weighted by molar-refractivity contribution is -0.121. The Morgan fingerprint density at radius 2 is 1.83 bits per heavy atom. The quantitative estimate of drug-likeness (QED) is 0.620. The first-order valence-corrected chi connectivity index (χ1v) is 10.3. The lowest BCUT2D eigenvalue weighted by Gasteiger charge is -2.33. The van der Waals surface area contributed by atoms with Gasteiger partial charge in [-0.25, -0.2) is 9.18 Å². The molecule has 0 saturated carbocycles. The molecular formula is C23H28FN3O3. The van der Waals surface area contributed by atoms with Gasteiger partial charge in [0.1, 0.15) is 5.82 Å². The molecule has 30 heavy (non-hydrogen) atoms. The normalized spacial score (nSPS) is 16.0. The Bertz CT molecular complexity index is 839. The van der Waals surface area contributed by atoms with Crippen molar-refractivity contribution in [2.45, 2.75) is 37.8 Å². The molecule has 2 aromatic carbocycles. The minimum atomic E-state index is -1.12. The highest BCUT2D eigenvalue weighted by Crippen LogP contribution is 2.20. The Hall–Kier alpha value is -2.93. The second kappa shape index (κ2) is 10.7. The second-order valence-electron chi connectivity index (χ2n) is 7.69. The fraction of sp³-hybridized carbons (Fsp3) is 0.391. The molecule has 1 aliphatic heterocycles. The summed E-state index contributed by atoms with van der Waals surface area (Å²) in [5, 5.41) is 14.7. The number of rotatable bonds is 8. The number of carbonyl (C=O) groups excluding carboxylic acids is 1. The highest BCUT2D eigenvalue weighted by atomic mass is 19.1. The summed E-state index contributed by atoms with van der Waals surface area (Å²) in [5.74, 6) is -0.340. The molecule has 1 fully saturated rings. The Labute approximate surface area is 176 Å². The van der Waals surface area contributed by atoms with Crippen molar-refractivity contribution < 1.29 is 19.1 Å². The zero-order chi connectivity index (χ0) is 21.3. The minimum Gasteiger partial charge on any atom is -0.465 e. The first-order valence-electron chi connectivity index (χ1n) is 10.3. The summed E-state index contributed by atoms with van der Waals surface area (Å²) in [5.41, 5.74) is 1.63. The van der Waals surface area contributed by atoms with Crippen LogP contribution in [0.2, 0.25) is 0 Å². The van der Waals surface area contributed by atoms with E-state index in [1.54, 1.807) is 12.1 Å². The van der Waals surface area contributed by atoms with Crippen molar-refractivity contribution in [3.8, 4) is 0 Å². The van der Waals surface area contributed by atoms with Gasteiger partial charge in [-0.1, -0.05) is 42.5 Å². The van der Waals surface area contributed by atoms with E-state index in [0.717, 1.165) is 31.5 Å². The number of carboxylic acid groups (broad SMARTS) is 1. The van der Waals surface area contributed by atoms with Crippen LogP contribution in [0.4, 0.5) is 9.18 Å². The standard InChI is InChI=1S/C23H28FN3O3/c24-19-8-4-7-18(16-19)21(26-23(29)30)11-14-27-12-9-20(10-13-27)25-22(28)15-17-5-2-1-3-6-17/h1-8,16,20-21,26H,9-15H2,(H,25,28)(H,29,30)/t21-/m0/s1. The summed E-state index contributed by atoms with van der Waals surface area (Å²) >= 11 is 0. The van der Waals surface area contributed by atoms with Crippen LogP contribution in [0.15, 0.2) is 54.6 Å². The van der Waals surface area contributed by atoms with Crippen LogP contribution < -0.4 is 10.6 Å². The van der Waals surface area contributed by atoms with Gasteiger partial charge < -0.3 is 20.6 Å². The van der Waals surface area contributed by atoms with E-state index in [9.17, 15) is 14.0 Å². The predicted octanol–water partition coefficient (Wildman–Crippen LogP) is 3.35. The number of piperidine rings is 1. The van der Waals surface area contributed by atoms with E-state index in [-0.39, 0.29) is 17.8 Å². The first-order chi connectivity index (χ1) is 14.5. The molecule has 7 heteroatoms. The summed E-state index contributed by atoms with van der Waals surface area (Å²) in [6.07, 6.45) is 1.54. The van der Waals surface area contributed by atoms with E-state index in [4.69, 9.17) is 5.11 Å². The zero-order valence-corrected chi connectivity index (χ0v) is 16.9. The largest absolute Gasteiger partial charge is 0.465 e. The van der Waals surface area contributed by atoms with Crippen LogP contribution in [0.1, 0.15) is 36.4 Å². The lowest BCUT2D eigenvalue weighted by atomic mass is 10.0. The van der Waals surface area contributed by atoms with Crippen molar-refractivity contribution in [1.29, 1.82) is 0 Å². The molecule has 160 valence electrons. The number of amides is 2. The van der Waals surface area contributed by atoms with Gasteiger partial charge in [-0.15, -0.1) is 0 Å². The highest BCUT2D eigenvalue weighted by molar-refractivity contribution is 5.78. The summed E-state index contributed by atoms with van der Waals surface area (Å²) in [7, 11) is 0. The van der Waals surface area contributed by atoms with Crippen LogP contribution in [-0.4, -0.2) is 47.7 Å². The van der Waals surface area contributed by atoms with Gasteiger partial charge in [0.05, 0.1) is 12.5 Å². The molecule has 0 aliphatic carbocycles. The fourth-order valence-electron chi connectivity index (χ4n) is 3.87. The number of nitrogens with zero attached hydrogens (tertiary/aromatic N) is 1. The number of hydrogen-bond acceptors (Lipinski definition) is 3. The number of hydrogen-bond donors (Lipinski definition) is 3. The van der Waals surface area contributed by atoms with Crippen molar-refractivity contribution in [2.75, 3.05) is 19.6 Å². The molecule has 0 aromatic heterocycles. The highest BCUT2D eigenvalue weighted by Gasteiger charge is 2.22. The van der Waals surface area contributed by atoms with Crippen molar-refractivity contribution in [3.63, 3.8) is 0 Å². The van der Waals surface area contributed by atoms with Crippen LogP contribution in [0.3, 0.4) is 0 Å². The van der Waals surface area contributed by atoms with Crippen LogP contribution in [-0.2, 0) is 11.2 Å². The van der Waals surface area contributed by atoms with Crippen molar-refractivity contribution in [2.24, 2.45) is 0 Å². The molecule has 2 aromatic rings. The number of nitrogens with one attached hydrogen (secondary N) is 2. The van der Waals surface area contributed by atoms with Crippen LogP contribution >= 0.6 is 0 Å². The van der Waals surface area contributed by atoms with E-state index in [1.165, 1.54) is 12.1 Å².